The van der Waals surface area contributed by atoms with Gasteiger partial charge in [0.1, 0.15) is 16.8 Å². The third-order valence-electron chi connectivity index (χ3n) is 4.16. The summed E-state index contributed by atoms with van der Waals surface area (Å²) >= 11 is 1.49. The van der Waals surface area contributed by atoms with Gasteiger partial charge in [-0.3, -0.25) is 0 Å². The Hall–Kier alpha value is -2.90. The molecule has 136 valence electrons. The van der Waals surface area contributed by atoms with Gasteiger partial charge in [-0.25, -0.2) is 4.98 Å². The van der Waals surface area contributed by atoms with E-state index < -0.39 is 0 Å². The Morgan fingerprint density at radius 3 is 2.56 bits per heavy atom. The molecule has 3 nitrogen and oxygen atoms in total. The number of rotatable bonds is 7. The molecular formula is C23H22N2OS. The minimum absolute atomic E-state index is 0.568. The van der Waals surface area contributed by atoms with Crippen LogP contribution in [0.2, 0.25) is 0 Å². The molecule has 0 fully saturated rings. The summed E-state index contributed by atoms with van der Waals surface area (Å²) in [4.78, 5) is 4.65. The number of benzene rings is 2. The second-order valence-electron chi connectivity index (χ2n) is 6.34. The number of allylic oxidation sites excluding steroid dienone is 1. The number of ether oxygens (including phenoxy) is 1. The van der Waals surface area contributed by atoms with E-state index in [2.05, 4.69) is 49.2 Å². The summed E-state index contributed by atoms with van der Waals surface area (Å²) in [6, 6.07) is 18.3. The fourth-order valence-electron chi connectivity index (χ4n) is 2.56. The Balaban J connectivity index is 1.77. The SMILES string of the molecule is CCCCOc1ccc(C=C(C#N)c2nc(-c3ccc(C)cc3)cs2)cc1. The van der Waals surface area contributed by atoms with E-state index in [4.69, 9.17) is 4.74 Å². The van der Waals surface area contributed by atoms with Crippen LogP contribution < -0.4 is 4.74 Å². The van der Waals surface area contributed by atoms with Gasteiger partial charge in [-0.05, 0) is 37.1 Å². The van der Waals surface area contributed by atoms with Crippen LogP contribution in [0.4, 0.5) is 0 Å². The predicted molar refractivity (Wildman–Crippen MR) is 113 cm³/mol. The summed E-state index contributed by atoms with van der Waals surface area (Å²) in [7, 11) is 0. The first-order chi connectivity index (χ1) is 13.2. The van der Waals surface area contributed by atoms with Gasteiger partial charge >= 0.3 is 0 Å². The third-order valence-corrected chi connectivity index (χ3v) is 5.04. The van der Waals surface area contributed by atoms with E-state index in [1.807, 2.05) is 35.7 Å². The van der Waals surface area contributed by atoms with Crippen molar-refractivity contribution in [2.45, 2.75) is 26.7 Å². The Labute approximate surface area is 164 Å². The highest BCUT2D eigenvalue weighted by atomic mass is 32.1. The van der Waals surface area contributed by atoms with Crippen LogP contribution in [0.25, 0.3) is 22.9 Å². The van der Waals surface area contributed by atoms with Gasteiger partial charge in [0.05, 0.1) is 17.9 Å². The second-order valence-corrected chi connectivity index (χ2v) is 7.20. The minimum Gasteiger partial charge on any atom is -0.494 e. The Kier molecular flexibility index (Phi) is 6.40. The molecular weight excluding hydrogens is 352 g/mol. The molecule has 0 amide bonds. The summed E-state index contributed by atoms with van der Waals surface area (Å²) in [5.41, 5.74) is 4.71. The normalized spacial score (nSPS) is 11.2. The number of aromatic nitrogens is 1. The van der Waals surface area contributed by atoms with Crippen LogP contribution in [0.1, 0.15) is 35.9 Å². The van der Waals surface area contributed by atoms with Crippen molar-refractivity contribution < 1.29 is 4.74 Å². The molecule has 0 aliphatic heterocycles. The summed E-state index contributed by atoms with van der Waals surface area (Å²) < 4.78 is 5.68. The second kappa shape index (κ2) is 9.16. The molecule has 0 spiro atoms. The molecule has 2 aromatic carbocycles. The first-order valence-corrected chi connectivity index (χ1v) is 9.95. The fraction of sp³-hybridized carbons (Fsp3) is 0.217. The Morgan fingerprint density at radius 2 is 1.89 bits per heavy atom. The minimum atomic E-state index is 0.568. The van der Waals surface area contributed by atoms with Crippen LogP contribution in [-0.2, 0) is 0 Å². The average molecular weight is 375 g/mol. The number of thiazole rings is 1. The zero-order chi connectivity index (χ0) is 19.1. The van der Waals surface area contributed by atoms with Crippen molar-refractivity contribution in [3.8, 4) is 23.1 Å². The first-order valence-electron chi connectivity index (χ1n) is 9.07. The van der Waals surface area contributed by atoms with E-state index in [1.165, 1.54) is 16.9 Å². The highest BCUT2D eigenvalue weighted by molar-refractivity contribution is 7.11. The van der Waals surface area contributed by atoms with E-state index in [9.17, 15) is 5.26 Å². The van der Waals surface area contributed by atoms with Gasteiger partial charge in [0.15, 0.2) is 0 Å². The molecule has 0 saturated heterocycles. The van der Waals surface area contributed by atoms with Crippen molar-refractivity contribution >= 4 is 23.0 Å². The van der Waals surface area contributed by atoms with Gasteiger partial charge in [0.2, 0.25) is 0 Å². The lowest BCUT2D eigenvalue weighted by atomic mass is 10.1. The van der Waals surface area contributed by atoms with Crippen LogP contribution in [0.5, 0.6) is 5.75 Å². The number of unbranched alkanes of at least 4 members (excludes halogenated alkanes) is 1. The maximum absolute atomic E-state index is 9.58. The van der Waals surface area contributed by atoms with Gasteiger partial charge < -0.3 is 4.74 Å². The lowest BCUT2D eigenvalue weighted by molar-refractivity contribution is 0.309. The number of nitrogens with zero attached hydrogens (tertiary/aromatic N) is 2. The molecule has 0 bridgehead atoms. The molecule has 0 atom stereocenters. The Bertz CT molecular complexity index is 947. The standard InChI is InChI=1S/C23H22N2OS/c1-3-4-13-26-21-11-7-18(8-12-21)14-20(15-24)23-25-22(16-27-23)19-9-5-17(2)6-10-19/h5-12,14,16H,3-4,13H2,1-2H3. The van der Waals surface area contributed by atoms with Crippen molar-refractivity contribution in [1.82, 2.24) is 4.98 Å². The van der Waals surface area contributed by atoms with Crippen molar-refractivity contribution in [3.63, 3.8) is 0 Å². The molecule has 0 N–H and O–H groups in total. The zero-order valence-corrected chi connectivity index (χ0v) is 16.4. The van der Waals surface area contributed by atoms with Crippen LogP contribution >= 0.6 is 11.3 Å². The molecule has 0 saturated carbocycles. The molecule has 1 aromatic heterocycles. The van der Waals surface area contributed by atoms with E-state index in [1.54, 1.807) is 0 Å². The smallest absolute Gasteiger partial charge is 0.134 e. The zero-order valence-electron chi connectivity index (χ0n) is 15.6. The van der Waals surface area contributed by atoms with Crippen molar-refractivity contribution in [3.05, 3.63) is 70.0 Å². The number of hydrogen-bond acceptors (Lipinski definition) is 4. The molecule has 4 heteroatoms. The molecule has 0 unspecified atom stereocenters. The molecule has 0 aliphatic rings. The van der Waals surface area contributed by atoms with E-state index in [-0.39, 0.29) is 0 Å². The third kappa shape index (κ3) is 5.06. The average Bonchev–Trinajstić information content (AvgIpc) is 3.18. The number of hydrogen-bond donors (Lipinski definition) is 0. The van der Waals surface area contributed by atoms with Crippen LogP contribution in [0, 0.1) is 18.3 Å². The maximum atomic E-state index is 9.58. The topological polar surface area (TPSA) is 45.9 Å². The van der Waals surface area contributed by atoms with Gasteiger partial charge in [-0.1, -0.05) is 55.3 Å². The predicted octanol–water partition coefficient (Wildman–Crippen LogP) is 6.36. The van der Waals surface area contributed by atoms with Crippen LogP contribution in [0.3, 0.4) is 0 Å². The lowest BCUT2D eigenvalue weighted by Crippen LogP contribution is -1.95. The van der Waals surface area contributed by atoms with E-state index in [0.717, 1.165) is 47.0 Å². The summed E-state index contributed by atoms with van der Waals surface area (Å²) in [6.07, 6.45) is 4.03. The summed E-state index contributed by atoms with van der Waals surface area (Å²) in [5.74, 6) is 0.856. The number of nitriles is 1. The fourth-order valence-corrected chi connectivity index (χ4v) is 3.35. The largest absolute Gasteiger partial charge is 0.494 e. The van der Waals surface area contributed by atoms with Gasteiger partial charge in [-0.2, -0.15) is 5.26 Å². The summed E-state index contributed by atoms with van der Waals surface area (Å²) in [5, 5.41) is 12.3. The highest BCUT2D eigenvalue weighted by Crippen LogP contribution is 2.27. The van der Waals surface area contributed by atoms with E-state index >= 15 is 0 Å². The molecule has 3 aromatic rings. The van der Waals surface area contributed by atoms with Gasteiger partial charge in [0.25, 0.3) is 0 Å². The molecule has 27 heavy (non-hydrogen) atoms. The maximum Gasteiger partial charge on any atom is 0.134 e. The molecule has 0 aliphatic carbocycles. The Morgan fingerprint density at radius 1 is 1.15 bits per heavy atom. The van der Waals surface area contributed by atoms with Gasteiger partial charge in [0, 0.05) is 10.9 Å². The number of aryl methyl sites for hydroxylation is 1. The van der Waals surface area contributed by atoms with Crippen molar-refractivity contribution in [2.75, 3.05) is 6.61 Å². The van der Waals surface area contributed by atoms with E-state index in [0.29, 0.717) is 5.57 Å². The monoisotopic (exact) mass is 374 g/mol. The van der Waals surface area contributed by atoms with Crippen LogP contribution in [-0.4, -0.2) is 11.6 Å². The molecule has 0 radical (unpaired) electrons. The lowest BCUT2D eigenvalue weighted by Gasteiger charge is -2.05. The summed E-state index contributed by atoms with van der Waals surface area (Å²) in [6.45, 7) is 4.94. The first kappa shape index (κ1) is 18.9. The highest BCUT2D eigenvalue weighted by Gasteiger charge is 2.09. The van der Waals surface area contributed by atoms with Gasteiger partial charge in [-0.15, -0.1) is 11.3 Å². The van der Waals surface area contributed by atoms with Crippen molar-refractivity contribution in [2.24, 2.45) is 0 Å². The molecule has 3 rings (SSSR count). The quantitative estimate of drug-likeness (QED) is 0.357. The molecule has 1 heterocycles. The van der Waals surface area contributed by atoms with Crippen LogP contribution in [0.15, 0.2) is 53.9 Å². The van der Waals surface area contributed by atoms with Crippen molar-refractivity contribution in [1.29, 1.82) is 5.26 Å².